The standard InChI is InChI=1S/C12H12N2O4/c15-11(13-8-6-17-7-8)5-14-9-3-1-2-4-10(9)18-12(14)16/h1-4,8H,5-7H2,(H,13,15). The van der Waals surface area contributed by atoms with E-state index in [0.29, 0.717) is 24.3 Å². The first-order valence-corrected chi connectivity index (χ1v) is 5.69. The Morgan fingerprint density at radius 3 is 2.89 bits per heavy atom. The Labute approximate surface area is 102 Å². The molecule has 0 aliphatic carbocycles. The van der Waals surface area contributed by atoms with Crippen molar-refractivity contribution in [3.8, 4) is 0 Å². The molecule has 0 radical (unpaired) electrons. The number of nitrogens with one attached hydrogen (secondary N) is 1. The van der Waals surface area contributed by atoms with E-state index in [1.165, 1.54) is 4.57 Å². The van der Waals surface area contributed by atoms with Crippen LogP contribution in [0, 0.1) is 0 Å². The molecule has 1 amide bonds. The Bertz CT molecular complexity index is 639. The lowest BCUT2D eigenvalue weighted by Crippen LogP contribution is -2.49. The number of rotatable bonds is 3. The largest absolute Gasteiger partial charge is 0.420 e. The fourth-order valence-corrected chi connectivity index (χ4v) is 1.90. The molecule has 2 aromatic rings. The second-order valence-corrected chi connectivity index (χ2v) is 4.22. The maximum absolute atomic E-state index is 11.7. The van der Waals surface area contributed by atoms with Crippen LogP contribution in [0.15, 0.2) is 33.5 Å². The molecule has 6 nitrogen and oxygen atoms in total. The van der Waals surface area contributed by atoms with Crippen LogP contribution in [0.1, 0.15) is 0 Å². The summed E-state index contributed by atoms with van der Waals surface area (Å²) in [6, 6.07) is 7.09. The smallest absolute Gasteiger partial charge is 0.408 e. The van der Waals surface area contributed by atoms with Gasteiger partial charge >= 0.3 is 5.76 Å². The Hall–Kier alpha value is -2.08. The first-order valence-electron chi connectivity index (χ1n) is 5.69. The van der Waals surface area contributed by atoms with Gasteiger partial charge in [-0.2, -0.15) is 0 Å². The normalized spacial score (nSPS) is 15.6. The van der Waals surface area contributed by atoms with Gasteiger partial charge in [-0.15, -0.1) is 0 Å². The van der Waals surface area contributed by atoms with Gasteiger partial charge in [-0.25, -0.2) is 4.79 Å². The Morgan fingerprint density at radius 1 is 1.39 bits per heavy atom. The van der Waals surface area contributed by atoms with E-state index in [1.807, 2.05) is 0 Å². The molecular weight excluding hydrogens is 236 g/mol. The highest BCUT2D eigenvalue weighted by Gasteiger charge is 2.21. The number of hydrogen-bond donors (Lipinski definition) is 1. The molecule has 1 aliphatic rings. The van der Waals surface area contributed by atoms with Crippen LogP contribution < -0.4 is 11.1 Å². The summed E-state index contributed by atoms with van der Waals surface area (Å²) < 4.78 is 11.3. The number of benzene rings is 1. The van der Waals surface area contributed by atoms with E-state index in [1.54, 1.807) is 24.3 Å². The Morgan fingerprint density at radius 2 is 2.17 bits per heavy atom. The van der Waals surface area contributed by atoms with Crippen molar-refractivity contribution in [1.82, 2.24) is 9.88 Å². The molecule has 6 heteroatoms. The van der Waals surface area contributed by atoms with E-state index >= 15 is 0 Å². The van der Waals surface area contributed by atoms with Crippen LogP contribution in [0.2, 0.25) is 0 Å². The van der Waals surface area contributed by atoms with Crippen LogP contribution in [-0.2, 0) is 16.1 Å². The van der Waals surface area contributed by atoms with Crippen molar-refractivity contribution in [2.75, 3.05) is 13.2 Å². The van der Waals surface area contributed by atoms with Crippen molar-refractivity contribution >= 4 is 17.0 Å². The van der Waals surface area contributed by atoms with Gasteiger partial charge in [0.15, 0.2) is 5.58 Å². The lowest BCUT2D eigenvalue weighted by molar-refractivity contribution is -0.125. The van der Waals surface area contributed by atoms with E-state index in [9.17, 15) is 9.59 Å². The number of aromatic nitrogens is 1. The van der Waals surface area contributed by atoms with Crippen molar-refractivity contribution in [2.24, 2.45) is 0 Å². The maximum Gasteiger partial charge on any atom is 0.420 e. The molecule has 94 valence electrons. The van der Waals surface area contributed by atoms with E-state index in [2.05, 4.69) is 5.32 Å². The Balaban J connectivity index is 1.83. The molecule has 18 heavy (non-hydrogen) atoms. The number of amides is 1. The van der Waals surface area contributed by atoms with Crippen molar-refractivity contribution in [2.45, 2.75) is 12.6 Å². The lowest BCUT2D eigenvalue weighted by atomic mass is 10.2. The van der Waals surface area contributed by atoms with Crippen LogP contribution in [0.4, 0.5) is 0 Å². The molecule has 1 N–H and O–H groups in total. The molecule has 0 bridgehead atoms. The summed E-state index contributed by atoms with van der Waals surface area (Å²) in [7, 11) is 0. The average Bonchev–Trinajstić information content (AvgIpc) is 2.61. The second-order valence-electron chi connectivity index (χ2n) is 4.22. The van der Waals surface area contributed by atoms with Crippen LogP contribution >= 0.6 is 0 Å². The van der Waals surface area contributed by atoms with Crippen LogP contribution in [0.3, 0.4) is 0 Å². The van der Waals surface area contributed by atoms with Crippen LogP contribution in [0.25, 0.3) is 11.1 Å². The van der Waals surface area contributed by atoms with Crippen molar-refractivity contribution < 1.29 is 13.9 Å². The SMILES string of the molecule is O=C(Cn1c(=O)oc2ccccc21)NC1COC1. The summed E-state index contributed by atoms with van der Waals surface area (Å²) in [4.78, 5) is 23.4. The number of oxazole rings is 1. The number of carbonyl (C=O) groups excluding carboxylic acids is 1. The molecule has 1 aromatic carbocycles. The minimum Gasteiger partial charge on any atom is -0.408 e. The third kappa shape index (κ3) is 1.91. The van der Waals surface area contributed by atoms with E-state index in [4.69, 9.17) is 9.15 Å². The highest BCUT2D eigenvalue weighted by atomic mass is 16.5. The quantitative estimate of drug-likeness (QED) is 0.836. The average molecular weight is 248 g/mol. The summed E-state index contributed by atoms with van der Waals surface area (Å²) in [5.41, 5.74) is 1.12. The highest BCUT2D eigenvalue weighted by molar-refractivity contribution is 5.79. The van der Waals surface area contributed by atoms with Gasteiger partial charge in [0.1, 0.15) is 6.54 Å². The van der Waals surface area contributed by atoms with Crippen molar-refractivity contribution in [3.63, 3.8) is 0 Å². The number of para-hydroxylation sites is 2. The third-order valence-electron chi connectivity index (χ3n) is 2.88. The van der Waals surface area contributed by atoms with Gasteiger partial charge in [0, 0.05) is 0 Å². The van der Waals surface area contributed by atoms with Gasteiger partial charge in [0.05, 0.1) is 24.8 Å². The van der Waals surface area contributed by atoms with Gasteiger partial charge in [0.25, 0.3) is 0 Å². The fourth-order valence-electron chi connectivity index (χ4n) is 1.90. The predicted molar refractivity (Wildman–Crippen MR) is 63.2 cm³/mol. The second kappa shape index (κ2) is 4.30. The molecule has 2 heterocycles. The number of carbonyl (C=O) groups is 1. The highest BCUT2D eigenvalue weighted by Crippen LogP contribution is 2.11. The number of fused-ring (bicyclic) bond motifs is 1. The number of nitrogens with zero attached hydrogens (tertiary/aromatic N) is 1. The van der Waals surface area contributed by atoms with E-state index < -0.39 is 5.76 Å². The minimum atomic E-state index is -0.517. The molecule has 1 fully saturated rings. The number of ether oxygens (including phenoxy) is 1. The molecule has 1 saturated heterocycles. The van der Waals surface area contributed by atoms with Gasteiger partial charge in [-0.05, 0) is 12.1 Å². The van der Waals surface area contributed by atoms with Crippen LogP contribution in [0.5, 0.6) is 0 Å². The topological polar surface area (TPSA) is 73.5 Å². The summed E-state index contributed by atoms with van der Waals surface area (Å²) in [6.07, 6.45) is 0. The molecule has 1 aliphatic heterocycles. The zero-order valence-corrected chi connectivity index (χ0v) is 9.59. The Kier molecular flexibility index (Phi) is 2.64. The summed E-state index contributed by atoms with van der Waals surface area (Å²) in [6.45, 7) is 1.03. The summed E-state index contributed by atoms with van der Waals surface area (Å²) in [5, 5.41) is 2.78. The molecule has 0 saturated carbocycles. The van der Waals surface area contributed by atoms with Gasteiger partial charge in [-0.1, -0.05) is 12.1 Å². The van der Waals surface area contributed by atoms with Gasteiger partial charge < -0.3 is 14.5 Å². The van der Waals surface area contributed by atoms with E-state index in [0.717, 1.165) is 0 Å². The predicted octanol–water partition coefficient (Wildman–Crippen LogP) is 0.109. The first kappa shape index (κ1) is 11.0. The van der Waals surface area contributed by atoms with Crippen LogP contribution in [-0.4, -0.2) is 29.7 Å². The zero-order chi connectivity index (χ0) is 12.5. The molecule has 0 spiro atoms. The molecule has 3 rings (SSSR count). The summed E-state index contributed by atoms with van der Waals surface area (Å²) in [5.74, 6) is -0.729. The van der Waals surface area contributed by atoms with Gasteiger partial charge in [-0.3, -0.25) is 9.36 Å². The number of hydrogen-bond acceptors (Lipinski definition) is 4. The third-order valence-corrected chi connectivity index (χ3v) is 2.88. The fraction of sp³-hybridized carbons (Fsp3) is 0.333. The first-order chi connectivity index (χ1) is 8.74. The van der Waals surface area contributed by atoms with Crippen molar-refractivity contribution in [3.05, 3.63) is 34.8 Å². The maximum atomic E-state index is 11.7. The van der Waals surface area contributed by atoms with Crippen molar-refractivity contribution in [1.29, 1.82) is 0 Å². The zero-order valence-electron chi connectivity index (χ0n) is 9.59. The van der Waals surface area contributed by atoms with E-state index in [-0.39, 0.29) is 18.5 Å². The lowest BCUT2D eigenvalue weighted by Gasteiger charge is -2.26. The minimum absolute atomic E-state index is 0.0354. The summed E-state index contributed by atoms with van der Waals surface area (Å²) >= 11 is 0. The molecular formula is C12H12N2O4. The monoisotopic (exact) mass is 248 g/mol. The molecule has 0 unspecified atom stereocenters. The molecule has 1 aromatic heterocycles. The molecule has 0 atom stereocenters. The van der Waals surface area contributed by atoms with Gasteiger partial charge in [0.2, 0.25) is 5.91 Å².